The summed E-state index contributed by atoms with van der Waals surface area (Å²) in [6.45, 7) is 4.65. The van der Waals surface area contributed by atoms with Crippen molar-refractivity contribution in [3.63, 3.8) is 0 Å². The van der Waals surface area contributed by atoms with Crippen molar-refractivity contribution in [1.29, 1.82) is 0 Å². The van der Waals surface area contributed by atoms with Crippen LogP contribution in [0.2, 0.25) is 0 Å². The SMILES string of the molecule is CC1(C)CC(=O)c2ccc(OCC3CC3)cc2O1. The number of benzene rings is 1. The molecule has 1 aliphatic carbocycles. The molecule has 1 fully saturated rings. The summed E-state index contributed by atoms with van der Waals surface area (Å²) in [7, 11) is 0. The predicted molar refractivity (Wildman–Crippen MR) is 68.3 cm³/mol. The first-order valence-electron chi connectivity index (χ1n) is 6.53. The highest BCUT2D eigenvalue weighted by Crippen LogP contribution is 2.36. The van der Waals surface area contributed by atoms with Gasteiger partial charge in [-0.1, -0.05) is 0 Å². The highest BCUT2D eigenvalue weighted by molar-refractivity contribution is 6.00. The van der Waals surface area contributed by atoms with Gasteiger partial charge in [0.15, 0.2) is 5.78 Å². The Labute approximate surface area is 107 Å². The van der Waals surface area contributed by atoms with Gasteiger partial charge in [-0.15, -0.1) is 0 Å². The fourth-order valence-electron chi connectivity index (χ4n) is 2.22. The zero-order valence-corrected chi connectivity index (χ0v) is 10.9. The van der Waals surface area contributed by atoms with Gasteiger partial charge in [0.1, 0.15) is 17.1 Å². The van der Waals surface area contributed by atoms with Gasteiger partial charge in [-0.3, -0.25) is 4.79 Å². The van der Waals surface area contributed by atoms with E-state index in [-0.39, 0.29) is 5.78 Å². The van der Waals surface area contributed by atoms with Gasteiger partial charge >= 0.3 is 0 Å². The second-order valence-corrected chi connectivity index (χ2v) is 5.87. The van der Waals surface area contributed by atoms with Crippen molar-refractivity contribution in [2.75, 3.05) is 6.61 Å². The van der Waals surface area contributed by atoms with Crippen molar-refractivity contribution in [1.82, 2.24) is 0 Å². The first kappa shape index (κ1) is 11.6. The molecule has 3 rings (SSSR count). The van der Waals surface area contributed by atoms with Crippen LogP contribution in [0.1, 0.15) is 43.5 Å². The largest absolute Gasteiger partial charge is 0.493 e. The third-order valence-electron chi connectivity index (χ3n) is 3.41. The number of fused-ring (bicyclic) bond motifs is 1. The molecule has 96 valence electrons. The molecule has 0 aromatic heterocycles. The van der Waals surface area contributed by atoms with Crippen LogP contribution < -0.4 is 9.47 Å². The molecule has 0 unspecified atom stereocenters. The molecule has 3 nitrogen and oxygen atoms in total. The number of rotatable bonds is 3. The van der Waals surface area contributed by atoms with Crippen LogP contribution in [0.25, 0.3) is 0 Å². The van der Waals surface area contributed by atoms with Crippen LogP contribution >= 0.6 is 0 Å². The maximum absolute atomic E-state index is 12.0. The number of ether oxygens (including phenoxy) is 2. The minimum absolute atomic E-state index is 0.148. The van der Waals surface area contributed by atoms with Crippen LogP contribution in [-0.2, 0) is 0 Å². The highest BCUT2D eigenvalue weighted by atomic mass is 16.5. The molecule has 1 aromatic carbocycles. The Hall–Kier alpha value is -1.51. The van der Waals surface area contributed by atoms with Gasteiger partial charge in [-0.25, -0.2) is 0 Å². The summed E-state index contributed by atoms with van der Waals surface area (Å²) in [5.41, 5.74) is 0.257. The zero-order chi connectivity index (χ0) is 12.8. The summed E-state index contributed by atoms with van der Waals surface area (Å²) in [5, 5.41) is 0. The summed E-state index contributed by atoms with van der Waals surface area (Å²) in [6.07, 6.45) is 2.97. The highest BCUT2D eigenvalue weighted by Gasteiger charge is 2.32. The topological polar surface area (TPSA) is 35.5 Å². The predicted octanol–water partition coefficient (Wildman–Crippen LogP) is 3.22. The fourth-order valence-corrected chi connectivity index (χ4v) is 2.22. The second-order valence-electron chi connectivity index (χ2n) is 5.87. The van der Waals surface area contributed by atoms with E-state index in [0.29, 0.717) is 17.7 Å². The molecule has 1 saturated carbocycles. The molecule has 1 heterocycles. The van der Waals surface area contributed by atoms with Crippen molar-refractivity contribution < 1.29 is 14.3 Å². The summed E-state index contributed by atoms with van der Waals surface area (Å²) in [4.78, 5) is 12.0. The normalized spacial score (nSPS) is 21.1. The number of hydrogen-bond donors (Lipinski definition) is 0. The second kappa shape index (κ2) is 4.01. The van der Waals surface area contributed by atoms with E-state index in [1.165, 1.54) is 12.8 Å². The Balaban J connectivity index is 1.82. The quantitative estimate of drug-likeness (QED) is 0.821. The van der Waals surface area contributed by atoms with Crippen molar-refractivity contribution in [3.05, 3.63) is 23.8 Å². The molecule has 1 aromatic rings. The van der Waals surface area contributed by atoms with Crippen LogP contribution in [0.15, 0.2) is 18.2 Å². The number of carbonyl (C=O) groups is 1. The Morgan fingerprint density at radius 1 is 1.39 bits per heavy atom. The zero-order valence-electron chi connectivity index (χ0n) is 10.9. The van der Waals surface area contributed by atoms with E-state index in [9.17, 15) is 4.79 Å². The molecule has 0 atom stereocenters. The van der Waals surface area contributed by atoms with E-state index in [1.807, 2.05) is 32.0 Å². The molecule has 18 heavy (non-hydrogen) atoms. The molecule has 3 heteroatoms. The molecule has 0 N–H and O–H groups in total. The van der Waals surface area contributed by atoms with Crippen LogP contribution in [-0.4, -0.2) is 18.0 Å². The molecule has 0 radical (unpaired) electrons. The van der Waals surface area contributed by atoms with E-state index in [2.05, 4.69) is 0 Å². The van der Waals surface area contributed by atoms with E-state index in [4.69, 9.17) is 9.47 Å². The summed E-state index contributed by atoms with van der Waals surface area (Å²) in [6, 6.07) is 5.52. The van der Waals surface area contributed by atoms with E-state index < -0.39 is 5.60 Å². The Morgan fingerprint density at radius 2 is 2.17 bits per heavy atom. The van der Waals surface area contributed by atoms with Crippen LogP contribution in [0.3, 0.4) is 0 Å². The lowest BCUT2D eigenvalue weighted by molar-refractivity contribution is 0.0618. The van der Waals surface area contributed by atoms with Gasteiger partial charge in [0.25, 0.3) is 0 Å². The molecule has 0 saturated heterocycles. The molecule has 0 amide bonds. The van der Waals surface area contributed by atoms with E-state index >= 15 is 0 Å². The first-order valence-corrected chi connectivity index (χ1v) is 6.53. The molecule has 0 spiro atoms. The maximum atomic E-state index is 12.0. The lowest BCUT2D eigenvalue weighted by atomic mass is 9.93. The van der Waals surface area contributed by atoms with Crippen LogP contribution in [0.5, 0.6) is 11.5 Å². The monoisotopic (exact) mass is 246 g/mol. The van der Waals surface area contributed by atoms with Crippen molar-refractivity contribution in [3.8, 4) is 11.5 Å². The Kier molecular flexibility index (Phi) is 2.58. The van der Waals surface area contributed by atoms with E-state index in [1.54, 1.807) is 0 Å². The van der Waals surface area contributed by atoms with Crippen molar-refractivity contribution in [2.45, 2.75) is 38.7 Å². The third-order valence-corrected chi connectivity index (χ3v) is 3.41. The van der Waals surface area contributed by atoms with Crippen molar-refractivity contribution >= 4 is 5.78 Å². The van der Waals surface area contributed by atoms with Gasteiger partial charge in [0.2, 0.25) is 0 Å². The number of carbonyl (C=O) groups excluding carboxylic acids is 1. The van der Waals surface area contributed by atoms with E-state index in [0.717, 1.165) is 18.3 Å². The van der Waals surface area contributed by atoms with Gasteiger partial charge in [-0.2, -0.15) is 0 Å². The van der Waals surface area contributed by atoms with Gasteiger partial charge in [-0.05, 0) is 44.7 Å². The standard InChI is InChI=1S/C15H18O3/c1-15(2)8-13(16)12-6-5-11(7-14(12)18-15)17-9-10-3-4-10/h5-7,10H,3-4,8-9H2,1-2H3. The number of hydrogen-bond acceptors (Lipinski definition) is 3. The Morgan fingerprint density at radius 3 is 2.89 bits per heavy atom. The molecule has 1 aliphatic heterocycles. The summed E-state index contributed by atoms with van der Waals surface area (Å²) >= 11 is 0. The third kappa shape index (κ3) is 2.35. The van der Waals surface area contributed by atoms with Gasteiger partial charge < -0.3 is 9.47 Å². The minimum Gasteiger partial charge on any atom is -0.493 e. The minimum atomic E-state index is -0.417. The molecular formula is C15H18O3. The van der Waals surface area contributed by atoms with Crippen molar-refractivity contribution in [2.24, 2.45) is 5.92 Å². The Bertz CT molecular complexity index is 487. The maximum Gasteiger partial charge on any atom is 0.170 e. The lowest BCUT2D eigenvalue weighted by Gasteiger charge is -2.31. The van der Waals surface area contributed by atoms with Gasteiger partial charge in [0.05, 0.1) is 18.6 Å². The van der Waals surface area contributed by atoms with Gasteiger partial charge in [0, 0.05) is 6.07 Å². The van der Waals surface area contributed by atoms with Crippen LogP contribution in [0.4, 0.5) is 0 Å². The average Bonchev–Trinajstić information content (AvgIpc) is 3.07. The smallest absolute Gasteiger partial charge is 0.170 e. The number of ketones is 1. The molecular weight excluding hydrogens is 228 g/mol. The summed E-state index contributed by atoms with van der Waals surface area (Å²) in [5.74, 6) is 2.32. The fraction of sp³-hybridized carbons (Fsp3) is 0.533. The average molecular weight is 246 g/mol. The van der Waals surface area contributed by atoms with Crippen LogP contribution in [0, 0.1) is 5.92 Å². The number of Topliss-reactive ketones (excluding diaryl/α,β-unsaturated/α-hetero) is 1. The lowest BCUT2D eigenvalue weighted by Crippen LogP contribution is -2.35. The molecule has 0 bridgehead atoms. The summed E-state index contributed by atoms with van der Waals surface area (Å²) < 4.78 is 11.6. The first-order chi connectivity index (χ1) is 8.53. The molecule has 2 aliphatic rings.